The smallest absolute Gasteiger partial charge is 0.310 e. The highest BCUT2D eigenvalue weighted by atomic mass is 16.5. The molecule has 0 aromatic heterocycles. The van der Waals surface area contributed by atoms with Crippen LogP contribution in [0.5, 0.6) is 0 Å². The normalized spacial score (nSPS) is 22.3. The Labute approximate surface area is 133 Å². The van der Waals surface area contributed by atoms with E-state index in [1.807, 2.05) is 27.7 Å². The van der Waals surface area contributed by atoms with Crippen molar-refractivity contribution in [3.8, 4) is 0 Å². The van der Waals surface area contributed by atoms with E-state index in [1.54, 1.807) is 6.92 Å². The minimum Gasteiger partial charge on any atom is -0.466 e. The molecule has 1 aromatic carbocycles. The van der Waals surface area contributed by atoms with E-state index in [0.717, 1.165) is 16.7 Å². The molecule has 0 heterocycles. The second-order valence-corrected chi connectivity index (χ2v) is 7.05. The first-order valence-corrected chi connectivity index (χ1v) is 7.96. The van der Waals surface area contributed by atoms with Crippen LogP contribution in [0, 0.1) is 38.0 Å². The van der Waals surface area contributed by atoms with E-state index in [1.165, 1.54) is 5.56 Å². The number of aryl methyl sites for hydroxylation is 3. The summed E-state index contributed by atoms with van der Waals surface area (Å²) in [4.78, 5) is 24.7. The first-order chi connectivity index (χ1) is 10.2. The average molecular weight is 302 g/mol. The molecular weight excluding hydrogens is 276 g/mol. The number of ether oxygens (including phenoxy) is 1. The first kappa shape index (κ1) is 16.7. The quantitative estimate of drug-likeness (QED) is 0.781. The van der Waals surface area contributed by atoms with Gasteiger partial charge in [0.05, 0.1) is 12.5 Å². The van der Waals surface area contributed by atoms with E-state index < -0.39 is 0 Å². The van der Waals surface area contributed by atoms with Crippen molar-refractivity contribution in [3.63, 3.8) is 0 Å². The summed E-state index contributed by atoms with van der Waals surface area (Å²) in [6.07, 6.45) is 0.405. The maximum Gasteiger partial charge on any atom is 0.310 e. The molecule has 3 nitrogen and oxygen atoms in total. The van der Waals surface area contributed by atoms with Gasteiger partial charge in [0.25, 0.3) is 0 Å². The maximum absolute atomic E-state index is 12.7. The lowest BCUT2D eigenvalue weighted by molar-refractivity contribution is -0.146. The van der Waals surface area contributed by atoms with Gasteiger partial charge in [-0.2, -0.15) is 0 Å². The molecule has 0 bridgehead atoms. The number of hydrogen-bond acceptors (Lipinski definition) is 3. The SMILES string of the molecule is CCOC(=O)C1C(C(=O)Cc2c(C)cc(C)cc2C)C1(C)C. The molecule has 2 atom stereocenters. The van der Waals surface area contributed by atoms with Crippen molar-refractivity contribution in [2.75, 3.05) is 6.61 Å². The van der Waals surface area contributed by atoms with Crippen molar-refractivity contribution in [3.05, 3.63) is 34.4 Å². The van der Waals surface area contributed by atoms with E-state index in [2.05, 4.69) is 19.1 Å². The molecular formula is C19H26O3. The predicted octanol–water partition coefficient (Wildman–Crippen LogP) is 3.56. The van der Waals surface area contributed by atoms with Crippen LogP contribution < -0.4 is 0 Å². The van der Waals surface area contributed by atoms with Crippen LogP contribution in [0.15, 0.2) is 12.1 Å². The molecule has 2 unspecified atom stereocenters. The number of ketones is 1. The summed E-state index contributed by atoms with van der Waals surface area (Å²) in [6.45, 7) is 12.3. The zero-order chi connectivity index (χ0) is 16.7. The Bertz CT molecular complexity index is 590. The van der Waals surface area contributed by atoms with Gasteiger partial charge in [-0.15, -0.1) is 0 Å². The Balaban J connectivity index is 2.16. The minimum atomic E-state index is -0.286. The number of rotatable bonds is 5. The average Bonchev–Trinajstić information content (AvgIpc) is 2.97. The van der Waals surface area contributed by atoms with Gasteiger partial charge in [0, 0.05) is 12.3 Å². The van der Waals surface area contributed by atoms with Gasteiger partial charge < -0.3 is 4.74 Å². The number of esters is 1. The second kappa shape index (κ2) is 5.86. The third-order valence-corrected chi connectivity index (χ3v) is 4.91. The molecule has 0 radical (unpaired) electrons. The van der Waals surface area contributed by atoms with Crippen LogP contribution in [0.3, 0.4) is 0 Å². The number of carbonyl (C=O) groups excluding carboxylic acids is 2. The van der Waals surface area contributed by atoms with Gasteiger partial charge in [0.1, 0.15) is 5.78 Å². The summed E-state index contributed by atoms with van der Waals surface area (Å²) in [5.74, 6) is -0.584. The standard InChI is InChI=1S/C19H26O3/c1-7-22-18(21)17-16(19(17,5)6)15(20)10-14-12(3)8-11(2)9-13(14)4/h8-9,16-17H,7,10H2,1-6H3. The fourth-order valence-electron chi connectivity index (χ4n) is 3.68. The fraction of sp³-hybridized carbons (Fsp3) is 0.579. The van der Waals surface area contributed by atoms with Gasteiger partial charge in [-0.05, 0) is 49.8 Å². The Morgan fingerprint density at radius 1 is 1.09 bits per heavy atom. The van der Waals surface area contributed by atoms with Gasteiger partial charge in [0.2, 0.25) is 0 Å². The molecule has 0 N–H and O–H groups in total. The lowest BCUT2D eigenvalue weighted by atomic mass is 9.93. The van der Waals surface area contributed by atoms with Gasteiger partial charge in [-0.3, -0.25) is 9.59 Å². The highest BCUT2D eigenvalue weighted by molar-refractivity contribution is 5.94. The summed E-state index contributed by atoms with van der Waals surface area (Å²) < 4.78 is 5.10. The molecule has 22 heavy (non-hydrogen) atoms. The summed E-state index contributed by atoms with van der Waals surface area (Å²) in [5, 5.41) is 0. The number of benzene rings is 1. The van der Waals surface area contributed by atoms with Crippen LogP contribution in [-0.4, -0.2) is 18.4 Å². The largest absolute Gasteiger partial charge is 0.466 e. The highest BCUT2D eigenvalue weighted by Gasteiger charge is 2.65. The van der Waals surface area contributed by atoms with E-state index >= 15 is 0 Å². The molecule has 1 aliphatic rings. The fourth-order valence-corrected chi connectivity index (χ4v) is 3.68. The van der Waals surface area contributed by atoms with Gasteiger partial charge in [-0.25, -0.2) is 0 Å². The minimum absolute atomic E-state index is 0.151. The molecule has 1 saturated carbocycles. The van der Waals surface area contributed by atoms with Crippen molar-refractivity contribution >= 4 is 11.8 Å². The van der Waals surface area contributed by atoms with Crippen LogP contribution in [0.25, 0.3) is 0 Å². The number of hydrogen-bond donors (Lipinski definition) is 0. The molecule has 0 spiro atoms. The van der Waals surface area contributed by atoms with Gasteiger partial charge in [0.15, 0.2) is 0 Å². The highest BCUT2D eigenvalue weighted by Crippen LogP contribution is 2.59. The first-order valence-electron chi connectivity index (χ1n) is 7.96. The lowest BCUT2D eigenvalue weighted by Gasteiger charge is -2.11. The van der Waals surface area contributed by atoms with Crippen molar-refractivity contribution in [2.24, 2.45) is 17.3 Å². The van der Waals surface area contributed by atoms with Crippen LogP contribution in [0.1, 0.15) is 43.0 Å². The molecule has 1 aliphatic carbocycles. The van der Waals surface area contributed by atoms with Crippen molar-refractivity contribution < 1.29 is 14.3 Å². The lowest BCUT2D eigenvalue weighted by Crippen LogP contribution is -2.14. The molecule has 0 amide bonds. The maximum atomic E-state index is 12.7. The molecule has 0 aliphatic heterocycles. The van der Waals surface area contributed by atoms with E-state index in [0.29, 0.717) is 13.0 Å². The van der Waals surface area contributed by atoms with E-state index in [-0.39, 0.29) is 29.0 Å². The topological polar surface area (TPSA) is 43.4 Å². The zero-order valence-corrected chi connectivity index (χ0v) is 14.4. The van der Waals surface area contributed by atoms with Crippen LogP contribution in [0.2, 0.25) is 0 Å². The summed E-state index contributed by atoms with van der Waals surface area (Å²) in [7, 11) is 0. The van der Waals surface area contributed by atoms with E-state index in [9.17, 15) is 9.59 Å². The van der Waals surface area contributed by atoms with Crippen molar-refractivity contribution in [2.45, 2.75) is 48.0 Å². The van der Waals surface area contributed by atoms with E-state index in [4.69, 9.17) is 4.74 Å². The molecule has 3 heteroatoms. The number of Topliss-reactive ketones (excluding diaryl/α,β-unsaturated/α-hetero) is 1. The summed E-state index contributed by atoms with van der Waals surface area (Å²) in [6, 6.07) is 4.22. The Hall–Kier alpha value is -1.64. The van der Waals surface area contributed by atoms with Crippen molar-refractivity contribution in [1.29, 1.82) is 0 Å². The molecule has 120 valence electrons. The summed E-state index contributed by atoms with van der Waals surface area (Å²) >= 11 is 0. The Kier molecular flexibility index (Phi) is 4.46. The monoisotopic (exact) mass is 302 g/mol. The third kappa shape index (κ3) is 2.94. The molecule has 0 saturated heterocycles. The van der Waals surface area contributed by atoms with Crippen LogP contribution >= 0.6 is 0 Å². The third-order valence-electron chi connectivity index (χ3n) is 4.91. The number of carbonyl (C=O) groups is 2. The molecule has 1 fully saturated rings. The van der Waals surface area contributed by atoms with Crippen molar-refractivity contribution in [1.82, 2.24) is 0 Å². The van der Waals surface area contributed by atoms with Gasteiger partial charge in [-0.1, -0.05) is 31.5 Å². The molecule has 2 rings (SSSR count). The van der Waals surface area contributed by atoms with Crippen LogP contribution in [0.4, 0.5) is 0 Å². The zero-order valence-electron chi connectivity index (χ0n) is 14.4. The predicted molar refractivity (Wildman–Crippen MR) is 86.8 cm³/mol. The Morgan fingerprint density at radius 3 is 2.14 bits per heavy atom. The van der Waals surface area contributed by atoms with Gasteiger partial charge >= 0.3 is 5.97 Å². The Morgan fingerprint density at radius 2 is 1.64 bits per heavy atom. The van der Waals surface area contributed by atoms with Crippen LogP contribution in [-0.2, 0) is 20.7 Å². The molecule has 1 aromatic rings. The summed E-state index contributed by atoms with van der Waals surface area (Å²) in [5.41, 5.74) is 4.33. The second-order valence-electron chi connectivity index (χ2n) is 7.05.